The molecule has 16 heavy (non-hydrogen) atoms. The van der Waals surface area contributed by atoms with Gasteiger partial charge >= 0.3 is 5.00 Å². The predicted molar refractivity (Wildman–Crippen MR) is 64.7 cm³/mol. The zero-order chi connectivity index (χ0) is 11.6. The van der Waals surface area contributed by atoms with E-state index in [1.54, 1.807) is 6.07 Å². The Morgan fingerprint density at radius 1 is 1.56 bits per heavy atom. The summed E-state index contributed by atoms with van der Waals surface area (Å²) in [6, 6.07) is 1.66. The number of nitro groups is 1. The standard InChI is InChI=1S/C11H16N2O2S/c1-11(4-2-3-5-11)12-7-9-6-10(13(14)15)16-8-9/h6,8,12H,2-5,7H2,1H3. The highest BCUT2D eigenvalue weighted by Gasteiger charge is 2.27. The molecule has 1 fully saturated rings. The molecule has 1 aromatic rings. The van der Waals surface area contributed by atoms with E-state index in [2.05, 4.69) is 12.2 Å². The van der Waals surface area contributed by atoms with E-state index in [1.807, 2.05) is 5.38 Å². The molecule has 0 bridgehead atoms. The SMILES string of the molecule is CC1(NCc2csc([N+](=O)[O-])c2)CCCC1. The second kappa shape index (κ2) is 4.51. The number of hydrogen-bond donors (Lipinski definition) is 1. The Kier molecular flexibility index (Phi) is 3.25. The van der Waals surface area contributed by atoms with Crippen LogP contribution in [0.5, 0.6) is 0 Å². The Morgan fingerprint density at radius 3 is 2.81 bits per heavy atom. The van der Waals surface area contributed by atoms with Crippen LogP contribution in [0.25, 0.3) is 0 Å². The molecule has 4 nitrogen and oxygen atoms in total. The van der Waals surface area contributed by atoms with Crippen LogP contribution in [-0.2, 0) is 6.54 Å². The second-order valence-electron chi connectivity index (χ2n) is 4.67. The third-order valence-electron chi connectivity index (χ3n) is 3.25. The lowest BCUT2D eigenvalue weighted by Crippen LogP contribution is -2.38. The van der Waals surface area contributed by atoms with Gasteiger partial charge in [-0.25, -0.2) is 0 Å². The quantitative estimate of drug-likeness (QED) is 0.650. The molecular weight excluding hydrogens is 224 g/mol. The molecule has 0 radical (unpaired) electrons. The summed E-state index contributed by atoms with van der Waals surface area (Å²) in [4.78, 5) is 10.2. The number of nitrogens with zero attached hydrogens (tertiary/aromatic N) is 1. The van der Waals surface area contributed by atoms with Crippen molar-refractivity contribution >= 4 is 16.3 Å². The van der Waals surface area contributed by atoms with Gasteiger partial charge in [0.1, 0.15) is 0 Å². The highest BCUT2D eigenvalue weighted by Crippen LogP contribution is 2.30. The Balaban J connectivity index is 1.91. The summed E-state index contributed by atoms with van der Waals surface area (Å²) in [6.07, 6.45) is 4.99. The first-order chi connectivity index (χ1) is 7.59. The molecule has 1 N–H and O–H groups in total. The van der Waals surface area contributed by atoms with Crippen LogP contribution in [0.1, 0.15) is 38.2 Å². The minimum Gasteiger partial charge on any atom is -0.307 e. The van der Waals surface area contributed by atoms with Crippen molar-refractivity contribution in [3.63, 3.8) is 0 Å². The van der Waals surface area contributed by atoms with Crippen molar-refractivity contribution in [2.75, 3.05) is 0 Å². The van der Waals surface area contributed by atoms with Gasteiger partial charge in [0.05, 0.1) is 4.92 Å². The van der Waals surface area contributed by atoms with Crippen LogP contribution >= 0.6 is 11.3 Å². The number of hydrogen-bond acceptors (Lipinski definition) is 4. The Hall–Kier alpha value is -0.940. The minimum atomic E-state index is -0.328. The fourth-order valence-electron chi connectivity index (χ4n) is 2.20. The number of thiophene rings is 1. The van der Waals surface area contributed by atoms with E-state index in [0.29, 0.717) is 0 Å². The second-order valence-corrected chi connectivity index (χ2v) is 5.56. The van der Waals surface area contributed by atoms with Crippen molar-refractivity contribution in [1.29, 1.82) is 0 Å². The average Bonchev–Trinajstić information content (AvgIpc) is 2.84. The van der Waals surface area contributed by atoms with Gasteiger partial charge in [0.15, 0.2) is 0 Å². The van der Waals surface area contributed by atoms with E-state index in [1.165, 1.54) is 37.0 Å². The highest BCUT2D eigenvalue weighted by atomic mass is 32.1. The molecule has 0 amide bonds. The van der Waals surface area contributed by atoms with E-state index < -0.39 is 0 Å². The van der Waals surface area contributed by atoms with Crippen molar-refractivity contribution in [3.8, 4) is 0 Å². The summed E-state index contributed by atoms with van der Waals surface area (Å²) in [6.45, 7) is 2.97. The molecule has 2 rings (SSSR count). The summed E-state index contributed by atoms with van der Waals surface area (Å²) in [7, 11) is 0. The van der Waals surface area contributed by atoms with Crippen LogP contribution < -0.4 is 5.32 Å². The minimum absolute atomic E-state index is 0.230. The van der Waals surface area contributed by atoms with Crippen molar-refractivity contribution in [2.45, 2.75) is 44.7 Å². The Bertz CT molecular complexity index is 383. The molecule has 1 aliphatic carbocycles. The molecule has 0 aromatic carbocycles. The zero-order valence-corrected chi connectivity index (χ0v) is 10.2. The summed E-state index contributed by atoms with van der Waals surface area (Å²) in [5.74, 6) is 0. The molecule has 1 heterocycles. The molecule has 88 valence electrons. The van der Waals surface area contributed by atoms with E-state index in [4.69, 9.17) is 0 Å². The van der Waals surface area contributed by atoms with Crippen LogP contribution in [-0.4, -0.2) is 10.5 Å². The van der Waals surface area contributed by atoms with Gasteiger partial charge in [-0.15, -0.1) is 0 Å². The molecule has 5 heteroatoms. The maximum Gasteiger partial charge on any atom is 0.324 e. The van der Waals surface area contributed by atoms with E-state index in [0.717, 1.165) is 12.1 Å². The molecule has 0 spiro atoms. The van der Waals surface area contributed by atoms with E-state index >= 15 is 0 Å². The molecule has 0 atom stereocenters. The molecular formula is C11H16N2O2S. The fourth-order valence-corrected chi connectivity index (χ4v) is 2.93. The van der Waals surface area contributed by atoms with Gasteiger partial charge in [-0.1, -0.05) is 24.2 Å². The summed E-state index contributed by atoms with van der Waals surface area (Å²) in [5, 5.41) is 16.1. The molecule has 0 unspecified atom stereocenters. The third kappa shape index (κ3) is 2.59. The first kappa shape index (κ1) is 11.5. The van der Waals surface area contributed by atoms with Crippen LogP contribution in [0.3, 0.4) is 0 Å². The first-order valence-electron chi connectivity index (χ1n) is 5.56. The maximum absolute atomic E-state index is 10.5. The van der Waals surface area contributed by atoms with Crippen molar-refractivity contribution in [3.05, 3.63) is 27.1 Å². The van der Waals surface area contributed by atoms with Gasteiger partial charge in [0.25, 0.3) is 0 Å². The predicted octanol–water partition coefficient (Wildman–Crippen LogP) is 3.08. The topological polar surface area (TPSA) is 55.2 Å². The largest absolute Gasteiger partial charge is 0.324 e. The number of nitrogens with one attached hydrogen (secondary N) is 1. The molecule has 1 aliphatic rings. The molecule has 0 aliphatic heterocycles. The van der Waals surface area contributed by atoms with Crippen molar-refractivity contribution in [1.82, 2.24) is 5.32 Å². The third-order valence-corrected chi connectivity index (χ3v) is 4.18. The van der Waals surface area contributed by atoms with Gasteiger partial charge < -0.3 is 5.32 Å². The lowest BCUT2D eigenvalue weighted by Gasteiger charge is -2.25. The van der Waals surface area contributed by atoms with Gasteiger partial charge in [-0.3, -0.25) is 10.1 Å². The Labute approximate surface area is 98.8 Å². The summed E-state index contributed by atoms with van der Waals surface area (Å²) in [5.41, 5.74) is 1.25. The van der Waals surface area contributed by atoms with Crippen LogP contribution in [0.4, 0.5) is 5.00 Å². The maximum atomic E-state index is 10.5. The Morgan fingerprint density at radius 2 is 2.25 bits per heavy atom. The fraction of sp³-hybridized carbons (Fsp3) is 0.636. The van der Waals surface area contributed by atoms with Crippen molar-refractivity contribution in [2.24, 2.45) is 0 Å². The highest BCUT2D eigenvalue weighted by molar-refractivity contribution is 7.13. The van der Waals surface area contributed by atoms with Gasteiger partial charge in [-0.05, 0) is 25.3 Å². The van der Waals surface area contributed by atoms with E-state index in [-0.39, 0.29) is 15.5 Å². The normalized spacial score (nSPS) is 18.8. The van der Waals surface area contributed by atoms with Crippen LogP contribution in [0.15, 0.2) is 11.4 Å². The lowest BCUT2D eigenvalue weighted by atomic mass is 10.0. The van der Waals surface area contributed by atoms with Gasteiger partial charge in [0.2, 0.25) is 0 Å². The average molecular weight is 240 g/mol. The van der Waals surface area contributed by atoms with Gasteiger partial charge in [-0.2, -0.15) is 0 Å². The van der Waals surface area contributed by atoms with Gasteiger partial charge in [0, 0.05) is 23.5 Å². The summed E-state index contributed by atoms with van der Waals surface area (Å²) >= 11 is 1.20. The lowest BCUT2D eigenvalue weighted by molar-refractivity contribution is -0.380. The molecule has 1 aromatic heterocycles. The number of rotatable bonds is 4. The molecule has 0 saturated heterocycles. The van der Waals surface area contributed by atoms with E-state index in [9.17, 15) is 10.1 Å². The monoisotopic (exact) mass is 240 g/mol. The smallest absolute Gasteiger partial charge is 0.307 e. The zero-order valence-electron chi connectivity index (χ0n) is 9.36. The van der Waals surface area contributed by atoms with Crippen LogP contribution in [0, 0.1) is 10.1 Å². The van der Waals surface area contributed by atoms with Crippen molar-refractivity contribution < 1.29 is 4.92 Å². The first-order valence-corrected chi connectivity index (χ1v) is 6.44. The molecule has 1 saturated carbocycles. The van der Waals surface area contributed by atoms with Crippen LogP contribution in [0.2, 0.25) is 0 Å². The summed E-state index contributed by atoms with van der Waals surface area (Å²) < 4.78 is 0.